The van der Waals surface area contributed by atoms with Gasteiger partial charge in [-0.05, 0) is 53.7 Å². The summed E-state index contributed by atoms with van der Waals surface area (Å²) in [6.07, 6.45) is 3.41. The molecule has 1 aliphatic heterocycles. The minimum absolute atomic E-state index is 0.169. The van der Waals surface area contributed by atoms with Crippen LogP contribution in [0.25, 0.3) is 21.5 Å². The second-order valence-electron chi connectivity index (χ2n) is 9.70. The lowest BCUT2D eigenvalue weighted by molar-refractivity contribution is 0.0710. The number of rotatable bonds is 2. The summed E-state index contributed by atoms with van der Waals surface area (Å²) in [5.74, 6) is 0.169. The summed E-state index contributed by atoms with van der Waals surface area (Å²) >= 11 is 1.66. The van der Waals surface area contributed by atoms with Crippen LogP contribution < -0.4 is 0 Å². The van der Waals surface area contributed by atoms with Gasteiger partial charge in [-0.2, -0.15) is 0 Å². The largest absolute Gasteiger partial charge is 0.335 e. The number of carbonyl (C=O) groups excluding carboxylic acids is 1. The summed E-state index contributed by atoms with van der Waals surface area (Å²) < 4.78 is 0. The van der Waals surface area contributed by atoms with Gasteiger partial charge in [0.25, 0.3) is 5.91 Å². The second-order valence-corrected chi connectivity index (χ2v) is 10.6. The summed E-state index contributed by atoms with van der Waals surface area (Å²) in [5.41, 5.74) is 3.12. The standard InChI is InChI=1S/C24H26N2OS/c1-23(2)12-16-13-24(3,14-23)15-26(16)22(27)18-11-20(21-9-6-10-28-21)25-19-8-5-4-7-17(18)19/h4-11,16H,12-15H2,1-3H3/t16-,24-/m1/s1. The quantitative estimate of drug-likeness (QED) is 0.537. The fraction of sp³-hybridized carbons (Fsp3) is 0.417. The number of thiophene rings is 1. The number of likely N-dealkylation sites (tertiary alicyclic amines) is 1. The van der Waals surface area contributed by atoms with Crippen LogP contribution >= 0.6 is 11.3 Å². The second kappa shape index (κ2) is 6.15. The van der Waals surface area contributed by atoms with Crippen molar-refractivity contribution in [2.75, 3.05) is 6.54 Å². The molecule has 144 valence electrons. The Labute approximate surface area is 170 Å². The maximum Gasteiger partial charge on any atom is 0.254 e. The van der Waals surface area contributed by atoms with Gasteiger partial charge in [0.2, 0.25) is 0 Å². The molecule has 1 aromatic carbocycles. The van der Waals surface area contributed by atoms with Crippen LogP contribution in [0.5, 0.6) is 0 Å². The minimum Gasteiger partial charge on any atom is -0.335 e. The normalized spacial score (nSPS) is 26.0. The maximum absolute atomic E-state index is 13.8. The zero-order chi connectivity index (χ0) is 19.5. The molecule has 28 heavy (non-hydrogen) atoms. The van der Waals surface area contributed by atoms with Gasteiger partial charge in [-0.15, -0.1) is 11.3 Å². The predicted octanol–water partition coefficient (Wildman–Crippen LogP) is 6.00. The van der Waals surface area contributed by atoms with Crippen molar-refractivity contribution in [3.05, 3.63) is 53.4 Å². The van der Waals surface area contributed by atoms with E-state index >= 15 is 0 Å². The molecule has 2 aliphatic rings. The molecule has 0 unspecified atom stereocenters. The highest BCUT2D eigenvalue weighted by atomic mass is 32.1. The number of carbonyl (C=O) groups is 1. The average Bonchev–Trinajstić information content (AvgIpc) is 3.25. The maximum atomic E-state index is 13.8. The zero-order valence-electron chi connectivity index (χ0n) is 16.7. The van der Waals surface area contributed by atoms with Crippen molar-refractivity contribution in [2.45, 2.75) is 46.1 Å². The SMILES string of the molecule is CC1(C)C[C@@H]2C[C@@](C)(CN2C(=O)c2cc(-c3cccs3)nc3ccccc23)C1. The van der Waals surface area contributed by atoms with E-state index in [0.29, 0.717) is 11.5 Å². The van der Waals surface area contributed by atoms with Gasteiger partial charge in [0.1, 0.15) is 0 Å². The van der Waals surface area contributed by atoms with Gasteiger partial charge < -0.3 is 4.90 Å². The van der Waals surface area contributed by atoms with Crippen molar-refractivity contribution in [2.24, 2.45) is 10.8 Å². The summed E-state index contributed by atoms with van der Waals surface area (Å²) in [6.45, 7) is 7.92. The molecule has 3 heterocycles. The minimum atomic E-state index is 0.169. The molecule has 3 aromatic rings. The number of fused-ring (bicyclic) bond motifs is 3. The highest BCUT2D eigenvalue weighted by molar-refractivity contribution is 7.13. The average molecular weight is 391 g/mol. The molecule has 0 radical (unpaired) electrons. The highest BCUT2D eigenvalue weighted by Crippen LogP contribution is 2.52. The zero-order valence-corrected chi connectivity index (χ0v) is 17.6. The topological polar surface area (TPSA) is 33.2 Å². The van der Waals surface area contributed by atoms with E-state index in [1.165, 1.54) is 6.42 Å². The molecule has 5 rings (SSSR count). The first-order valence-corrected chi connectivity index (χ1v) is 11.0. The Bertz CT molecular complexity index is 1060. The number of nitrogens with zero attached hydrogens (tertiary/aromatic N) is 2. The van der Waals surface area contributed by atoms with E-state index in [9.17, 15) is 4.79 Å². The number of hydrogen-bond acceptors (Lipinski definition) is 3. The first-order valence-electron chi connectivity index (χ1n) is 10.1. The molecule has 1 saturated carbocycles. The Balaban J connectivity index is 1.60. The molecule has 4 heteroatoms. The van der Waals surface area contributed by atoms with Gasteiger partial charge in [-0.3, -0.25) is 4.79 Å². The molecule has 1 saturated heterocycles. The van der Waals surface area contributed by atoms with Crippen LogP contribution in [0.15, 0.2) is 47.8 Å². The molecular weight excluding hydrogens is 364 g/mol. The number of para-hydroxylation sites is 1. The number of pyridine rings is 1. The lowest BCUT2D eigenvalue weighted by atomic mass is 9.65. The first kappa shape index (κ1) is 17.9. The number of benzene rings is 1. The molecule has 2 aromatic heterocycles. The third kappa shape index (κ3) is 2.95. The molecule has 2 fully saturated rings. The molecule has 3 nitrogen and oxygen atoms in total. The Morgan fingerprint density at radius 3 is 2.75 bits per heavy atom. The highest BCUT2D eigenvalue weighted by Gasteiger charge is 2.51. The van der Waals surface area contributed by atoms with Crippen LogP contribution in [0.4, 0.5) is 0 Å². The summed E-state index contributed by atoms with van der Waals surface area (Å²) in [6, 6.07) is 14.5. The molecule has 2 bridgehead atoms. The van der Waals surface area contributed by atoms with Crippen molar-refractivity contribution >= 4 is 28.1 Å². The van der Waals surface area contributed by atoms with Gasteiger partial charge >= 0.3 is 0 Å². The summed E-state index contributed by atoms with van der Waals surface area (Å²) in [4.78, 5) is 21.9. The first-order chi connectivity index (χ1) is 13.3. The lowest BCUT2D eigenvalue weighted by Gasteiger charge is -2.39. The van der Waals surface area contributed by atoms with E-state index in [1.807, 2.05) is 36.4 Å². The molecule has 0 N–H and O–H groups in total. The van der Waals surface area contributed by atoms with Crippen LogP contribution in [0, 0.1) is 10.8 Å². The molecule has 1 amide bonds. The van der Waals surface area contributed by atoms with E-state index in [2.05, 4.69) is 37.1 Å². The van der Waals surface area contributed by atoms with E-state index < -0.39 is 0 Å². The molecule has 0 spiro atoms. The van der Waals surface area contributed by atoms with Gasteiger partial charge in [0, 0.05) is 18.0 Å². The lowest BCUT2D eigenvalue weighted by Crippen LogP contribution is -2.37. The third-order valence-corrected chi connectivity index (χ3v) is 7.29. The Kier molecular flexibility index (Phi) is 3.92. The van der Waals surface area contributed by atoms with Gasteiger partial charge in [-0.1, -0.05) is 45.0 Å². The van der Waals surface area contributed by atoms with Crippen LogP contribution in [0.2, 0.25) is 0 Å². The Morgan fingerprint density at radius 2 is 1.96 bits per heavy atom. The van der Waals surface area contributed by atoms with Crippen LogP contribution in [-0.2, 0) is 0 Å². The van der Waals surface area contributed by atoms with E-state index in [0.717, 1.165) is 46.4 Å². The monoisotopic (exact) mass is 390 g/mol. The van der Waals surface area contributed by atoms with E-state index in [1.54, 1.807) is 11.3 Å². The Morgan fingerprint density at radius 1 is 1.14 bits per heavy atom. The van der Waals surface area contributed by atoms with Crippen molar-refractivity contribution in [3.8, 4) is 10.6 Å². The van der Waals surface area contributed by atoms with Crippen molar-refractivity contribution in [3.63, 3.8) is 0 Å². The van der Waals surface area contributed by atoms with Gasteiger partial charge in [0.15, 0.2) is 0 Å². The van der Waals surface area contributed by atoms with Gasteiger partial charge in [-0.25, -0.2) is 4.98 Å². The number of aromatic nitrogens is 1. The molecule has 1 aliphatic carbocycles. The predicted molar refractivity (Wildman–Crippen MR) is 116 cm³/mol. The summed E-state index contributed by atoms with van der Waals surface area (Å²) in [7, 11) is 0. The fourth-order valence-electron chi connectivity index (χ4n) is 5.75. The van der Waals surface area contributed by atoms with Crippen molar-refractivity contribution in [1.29, 1.82) is 0 Å². The van der Waals surface area contributed by atoms with Gasteiger partial charge in [0.05, 0.1) is 21.7 Å². The third-order valence-electron chi connectivity index (χ3n) is 6.40. The van der Waals surface area contributed by atoms with Crippen LogP contribution in [0.3, 0.4) is 0 Å². The van der Waals surface area contributed by atoms with Crippen molar-refractivity contribution < 1.29 is 4.79 Å². The number of hydrogen-bond donors (Lipinski definition) is 0. The number of amides is 1. The fourth-order valence-corrected chi connectivity index (χ4v) is 6.44. The molecular formula is C24H26N2OS. The van der Waals surface area contributed by atoms with E-state index in [-0.39, 0.29) is 11.3 Å². The Hall–Kier alpha value is -2.20. The van der Waals surface area contributed by atoms with Crippen LogP contribution in [0.1, 0.15) is 50.4 Å². The van der Waals surface area contributed by atoms with Crippen molar-refractivity contribution in [1.82, 2.24) is 9.88 Å². The molecule has 2 atom stereocenters. The van der Waals surface area contributed by atoms with E-state index in [4.69, 9.17) is 4.98 Å². The smallest absolute Gasteiger partial charge is 0.254 e. The van der Waals surface area contributed by atoms with Crippen LogP contribution in [-0.4, -0.2) is 28.4 Å². The summed E-state index contributed by atoms with van der Waals surface area (Å²) in [5, 5.41) is 3.01.